The number of ether oxygens (including phenoxy) is 2. The molecule has 5 rings (SSSR count). The molecule has 14 nitrogen and oxygen atoms in total. The number of methoxy groups -OCH3 is 2. The van der Waals surface area contributed by atoms with E-state index < -0.39 is 24.3 Å². The lowest BCUT2D eigenvalue weighted by Crippen LogP contribution is -2.56. The summed E-state index contributed by atoms with van der Waals surface area (Å²) in [6.07, 6.45) is -1.55. The molecule has 0 saturated carbocycles. The molecule has 4 amide bonds. The van der Waals surface area contributed by atoms with Crippen LogP contribution in [0.5, 0.6) is 11.5 Å². The van der Waals surface area contributed by atoms with Crippen LogP contribution in [0.1, 0.15) is 34.3 Å². The van der Waals surface area contributed by atoms with Crippen molar-refractivity contribution in [3.8, 4) is 11.5 Å². The van der Waals surface area contributed by atoms with Crippen molar-refractivity contribution in [3.05, 3.63) is 119 Å². The Hall–Kier alpha value is -6.44. The fraction of sp³-hybridized carbons (Fsp3) is 0.364. The van der Waals surface area contributed by atoms with E-state index in [0.717, 1.165) is 33.6 Å². The molecule has 1 aliphatic rings. The summed E-state index contributed by atoms with van der Waals surface area (Å²) in [7, 11) is 10.9. The van der Waals surface area contributed by atoms with Crippen molar-refractivity contribution in [2.75, 3.05) is 91.5 Å². The van der Waals surface area contributed by atoms with Crippen LogP contribution in [0.4, 0.5) is 21.0 Å². The van der Waals surface area contributed by atoms with Gasteiger partial charge in [0.1, 0.15) is 11.5 Å². The zero-order chi connectivity index (χ0) is 41.9. The summed E-state index contributed by atoms with van der Waals surface area (Å²) in [4.78, 5) is 62.1. The van der Waals surface area contributed by atoms with E-state index in [1.165, 1.54) is 19.6 Å². The highest BCUT2D eigenvalue weighted by Crippen LogP contribution is 2.30. The number of carbonyl (C=O) groups is 4. The van der Waals surface area contributed by atoms with E-state index in [1.807, 2.05) is 111 Å². The Morgan fingerprint density at radius 1 is 0.569 bits per heavy atom. The van der Waals surface area contributed by atoms with Gasteiger partial charge in [0.25, 0.3) is 0 Å². The fourth-order valence-electron chi connectivity index (χ4n) is 7.11. The van der Waals surface area contributed by atoms with Gasteiger partial charge in [-0.15, -0.1) is 0 Å². The maximum absolute atomic E-state index is 13.5. The third kappa shape index (κ3) is 10.9. The molecule has 2 atom stereocenters. The number of piperazine rings is 1. The molecule has 0 aliphatic carbocycles. The molecule has 308 valence electrons. The third-order valence-corrected chi connectivity index (χ3v) is 10.6. The van der Waals surface area contributed by atoms with Gasteiger partial charge in [0, 0.05) is 65.7 Å². The monoisotopic (exact) mass is 794 g/mol. The van der Waals surface area contributed by atoms with Crippen molar-refractivity contribution in [1.82, 2.24) is 19.6 Å². The van der Waals surface area contributed by atoms with Gasteiger partial charge in [0.2, 0.25) is 11.8 Å². The van der Waals surface area contributed by atoms with Gasteiger partial charge in [-0.1, -0.05) is 48.5 Å². The van der Waals surface area contributed by atoms with Crippen molar-refractivity contribution in [3.63, 3.8) is 0 Å². The predicted octanol–water partition coefficient (Wildman–Crippen LogP) is 5.73. The van der Waals surface area contributed by atoms with Crippen LogP contribution in [-0.2, 0) is 22.4 Å². The third-order valence-electron chi connectivity index (χ3n) is 10.6. The lowest BCUT2D eigenvalue weighted by molar-refractivity contribution is -0.150. The summed E-state index contributed by atoms with van der Waals surface area (Å²) in [6, 6.07) is 29.1. The number of amides is 4. The first-order valence-electron chi connectivity index (χ1n) is 19.1. The van der Waals surface area contributed by atoms with Gasteiger partial charge in [-0.25, -0.2) is 9.59 Å². The number of hydrogen-bond acceptors (Lipinski definition) is 8. The first-order valence-corrected chi connectivity index (χ1v) is 19.1. The van der Waals surface area contributed by atoms with Gasteiger partial charge < -0.3 is 39.3 Å². The van der Waals surface area contributed by atoms with Crippen LogP contribution in [0.15, 0.2) is 97.1 Å². The lowest BCUT2D eigenvalue weighted by Gasteiger charge is -2.37. The molecular weight excluding hydrogens is 741 g/mol. The molecule has 2 unspecified atom stereocenters. The molecule has 2 N–H and O–H groups in total. The molecule has 1 saturated heterocycles. The molecule has 4 aromatic carbocycles. The minimum Gasteiger partial charge on any atom is -0.497 e. The van der Waals surface area contributed by atoms with Crippen molar-refractivity contribution >= 4 is 35.4 Å². The summed E-state index contributed by atoms with van der Waals surface area (Å²) < 4.78 is 10.7. The maximum atomic E-state index is 13.5. The molecule has 0 bridgehead atoms. The first kappa shape index (κ1) is 42.7. The first-order chi connectivity index (χ1) is 27.8. The van der Waals surface area contributed by atoms with E-state index in [1.54, 1.807) is 38.5 Å². The highest BCUT2D eigenvalue weighted by atomic mass is 16.5. The Labute approximate surface area is 340 Å². The smallest absolute Gasteiger partial charge is 0.407 e. The Balaban J connectivity index is 1.28. The quantitative estimate of drug-likeness (QED) is 0.128. The summed E-state index contributed by atoms with van der Waals surface area (Å²) >= 11 is 0. The number of hydrogen-bond donors (Lipinski definition) is 2. The predicted molar refractivity (Wildman–Crippen MR) is 223 cm³/mol. The van der Waals surface area contributed by atoms with E-state index in [-0.39, 0.29) is 51.1 Å². The number of carbonyl (C=O) groups excluding carboxylic acids is 2. The highest BCUT2D eigenvalue weighted by molar-refractivity contribution is 5.92. The standard InChI is InChI=1S/C44H54N6O8/c1-45(2)35-15-7-31(8-16-35)27-39(33-11-19-37(57-5)20-12-33)49(43(53)54)25-23-47-29-42(52)48(30-41(47)51)24-26-50(44(55)56)40(34-13-21-38(58-6)22-14-34)28-32-9-17-36(18-10-32)46(3)4/h7-22,39-40H,23-30H2,1-6H3,(H,53,54)(H,55,56). The average Bonchev–Trinajstić information content (AvgIpc) is 3.21. The second-order valence-corrected chi connectivity index (χ2v) is 14.7. The van der Waals surface area contributed by atoms with Gasteiger partial charge in [-0.2, -0.15) is 0 Å². The number of rotatable bonds is 18. The zero-order valence-electron chi connectivity index (χ0n) is 34.1. The molecule has 1 heterocycles. The van der Waals surface area contributed by atoms with Gasteiger partial charge in [-0.05, 0) is 83.6 Å². The lowest BCUT2D eigenvalue weighted by atomic mass is 9.97. The fourth-order valence-corrected chi connectivity index (χ4v) is 7.11. The Bertz CT molecular complexity index is 1840. The summed E-state index contributed by atoms with van der Waals surface area (Å²) in [6.45, 7) is -0.564. The summed E-state index contributed by atoms with van der Waals surface area (Å²) in [5.41, 5.74) is 5.41. The second-order valence-electron chi connectivity index (χ2n) is 14.7. The Morgan fingerprint density at radius 3 is 1.17 bits per heavy atom. The van der Waals surface area contributed by atoms with Crippen LogP contribution in [-0.4, -0.2) is 135 Å². The number of anilines is 2. The highest BCUT2D eigenvalue weighted by Gasteiger charge is 2.34. The second kappa shape index (κ2) is 19.6. The molecular formula is C44H54N6O8. The minimum absolute atomic E-state index is 0.00431. The summed E-state index contributed by atoms with van der Waals surface area (Å²) in [5.74, 6) is 0.582. The van der Waals surface area contributed by atoms with Crippen LogP contribution >= 0.6 is 0 Å². The largest absolute Gasteiger partial charge is 0.497 e. The van der Waals surface area contributed by atoms with Crippen molar-refractivity contribution < 1.29 is 38.9 Å². The van der Waals surface area contributed by atoms with Crippen LogP contribution in [0, 0.1) is 0 Å². The molecule has 0 radical (unpaired) electrons. The topological polar surface area (TPSA) is 147 Å². The van der Waals surface area contributed by atoms with E-state index in [0.29, 0.717) is 24.3 Å². The van der Waals surface area contributed by atoms with Gasteiger partial charge in [-0.3, -0.25) is 19.4 Å². The molecule has 1 aliphatic heterocycles. The van der Waals surface area contributed by atoms with Crippen molar-refractivity contribution in [2.24, 2.45) is 0 Å². The van der Waals surface area contributed by atoms with Gasteiger partial charge in [0.15, 0.2) is 0 Å². The molecule has 0 spiro atoms. The van der Waals surface area contributed by atoms with Crippen LogP contribution in [0.2, 0.25) is 0 Å². The van der Waals surface area contributed by atoms with E-state index >= 15 is 0 Å². The molecule has 4 aromatic rings. The molecule has 0 aromatic heterocycles. The number of nitrogens with zero attached hydrogens (tertiary/aromatic N) is 6. The van der Waals surface area contributed by atoms with E-state index in [4.69, 9.17) is 9.47 Å². The van der Waals surface area contributed by atoms with Crippen LogP contribution in [0.25, 0.3) is 0 Å². The SMILES string of the molecule is COc1ccc(C(Cc2ccc(N(C)C)cc2)N(CCN2CC(=O)N(CCN(C(=O)O)C(Cc3ccc(N(C)C)cc3)c3ccc(OC)cc3)CC2=O)C(=O)O)cc1. The maximum Gasteiger partial charge on any atom is 0.407 e. The summed E-state index contributed by atoms with van der Waals surface area (Å²) in [5, 5.41) is 21.0. The van der Waals surface area contributed by atoms with E-state index in [2.05, 4.69) is 0 Å². The van der Waals surface area contributed by atoms with Crippen molar-refractivity contribution in [2.45, 2.75) is 24.9 Å². The Morgan fingerprint density at radius 2 is 0.897 bits per heavy atom. The Kier molecular flexibility index (Phi) is 14.4. The minimum atomic E-state index is -1.16. The molecule has 1 fully saturated rings. The van der Waals surface area contributed by atoms with Crippen LogP contribution < -0.4 is 19.3 Å². The zero-order valence-corrected chi connectivity index (χ0v) is 34.1. The van der Waals surface area contributed by atoms with E-state index in [9.17, 15) is 29.4 Å². The van der Waals surface area contributed by atoms with Crippen LogP contribution in [0.3, 0.4) is 0 Å². The van der Waals surface area contributed by atoms with Gasteiger partial charge in [0.05, 0.1) is 39.4 Å². The molecule has 14 heteroatoms. The average molecular weight is 795 g/mol. The number of benzene rings is 4. The normalized spacial score (nSPS) is 13.8. The molecule has 58 heavy (non-hydrogen) atoms. The van der Waals surface area contributed by atoms with Crippen molar-refractivity contribution in [1.29, 1.82) is 0 Å². The number of carboxylic acid groups (broad SMARTS) is 2. The van der Waals surface area contributed by atoms with Gasteiger partial charge >= 0.3 is 12.2 Å².